The molecule has 0 aliphatic rings. The maximum Gasteiger partial charge on any atom is 0.338 e. The number of ether oxygens (including phenoxy) is 1. The van der Waals surface area contributed by atoms with E-state index >= 15 is 0 Å². The van der Waals surface area contributed by atoms with Crippen molar-refractivity contribution in [3.8, 4) is 0 Å². The Morgan fingerprint density at radius 2 is 1.81 bits per heavy atom. The van der Waals surface area contributed by atoms with Crippen molar-refractivity contribution in [3.05, 3.63) is 35.6 Å². The van der Waals surface area contributed by atoms with Gasteiger partial charge in [0.05, 0.1) is 18.7 Å². The van der Waals surface area contributed by atoms with E-state index in [0.717, 1.165) is 19.6 Å². The van der Waals surface area contributed by atoms with Gasteiger partial charge in [-0.25, -0.2) is 9.18 Å². The summed E-state index contributed by atoms with van der Waals surface area (Å²) in [5, 5.41) is 0. The lowest BCUT2D eigenvalue weighted by Gasteiger charge is -2.19. The fraction of sp³-hybridized carbons (Fsp3) is 0.588. The van der Waals surface area contributed by atoms with Gasteiger partial charge in [-0.1, -0.05) is 32.8 Å². The maximum absolute atomic E-state index is 13.0. The van der Waals surface area contributed by atoms with Crippen LogP contribution < -0.4 is 4.90 Å². The highest BCUT2D eigenvalue weighted by molar-refractivity contribution is 5.89. The number of quaternary nitrogens is 1. The molecule has 0 unspecified atom stereocenters. The molecule has 0 saturated heterocycles. The third kappa shape index (κ3) is 7.23. The second-order valence-corrected chi connectivity index (χ2v) is 5.35. The average molecular weight is 296 g/mol. The number of benzene rings is 1. The first-order valence-electron chi connectivity index (χ1n) is 7.93. The Balaban J connectivity index is 2.36. The molecule has 0 amide bonds. The largest absolute Gasteiger partial charge is 0.456 e. The Labute approximate surface area is 127 Å². The summed E-state index contributed by atoms with van der Waals surface area (Å²) >= 11 is 0. The molecule has 0 radical (unpaired) electrons. The molecule has 3 nitrogen and oxygen atoms in total. The van der Waals surface area contributed by atoms with E-state index in [9.17, 15) is 9.18 Å². The minimum absolute atomic E-state index is 0.277. The lowest BCUT2D eigenvalue weighted by molar-refractivity contribution is -0.900. The number of esters is 1. The van der Waals surface area contributed by atoms with Gasteiger partial charge < -0.3 is 9.64 Å². The maximum atomic E-state index is 13.0. The summed E-state index contributed by atoms with van der Waals surface area (Å²) < 4.78 is 18.3. The van der Waals surface area contributed by atoms with Crippen LogP contribution in [0.3, 0.4) is 0 Å². The summed E-state index contributed by atoms with van der Waals surface area (Å²) in [6.07, 6.45) is 4.74. The number of nitrogens with one attached hydrogen (secondary N) is 1. The van der Waals surface area contributed by atoms with Crippen molar-refractivity contribution in [1.29, 1.82) is 0 Å². The monoisotopic (exact) mass is 296 g/mol. The van der Waals surface area contributed by atoms with Crippen molar-refractivity contribution >= 4 is 5.97 Å². The third-order valence-electron chi connectivity index (χ3n) is 3.52. The number of carbonyl (C=O) groups excluding carboxylic acids is 1. The van der Waals surface area contributed by atoms with Crippen LogP contribution in [0.4, 0.5) is 4.39 Å². The van der Waals surface area contributed by atoms with Crippen LogP contribution in [0.1, 0.15) is 49.9 Å². The molecule has 0 atom stereocenters. The van der Waals surface area contributed by atoms with Crippen molar-refractivity contribution in [2.24, 2.45) is 0 Å². The number of unbranched alkanes of at least 4 members (excludes halogenated alkanes) is 2. The molecule has 1 aromatic rings. The fourth-order valence-electron chi connectivity index (χ4n) is 2.22. The molecule has 0 aliphatic carbocycles. The molecule has 1 N–H and O–H groups in total. The fourth-order valence-corrected chi connectivity index (χ4v) is 2.22. The Morgan fingerprint density at radius 1 is 1.14 bits per heavy atom. The quantitative estimate of drug-likeness (QED) is 0.672. The first-order valence-corrected chi connectivity index (χ1v) is 7.93. The molecule has 0 aromatic heterocycles. The average Bonchev–Trinajstić information content (AvgIpc) is 2.49. The van der Waals surface area contributed by atoms with E-state index in [0.29, 0.717) is 6.61 Å². The van der Waals surface area contributed by atoms with E-state index in [-0.39, 0.29) is 5.56 Å². The van der Waals surface area contributed by atoms with Crippen LogP contribution >= 0.6 is 0 Å². The molecule has 21 heavy (non-hydrogen) atoms. The van der Waals surface area contributed by atoms with Gasteiger partial charge in [0.1, 0.15) is 19.0 Å². The van der Waals surface area contributed by atoms with Crippen molar-refractivity contribution in [1.82, 2.24) is 0 Å². The van der Waals surface area contributed by atoms with Crippen LogP contribution in [0.25, 0.3) is 0 Å². The smallest absolute Gasteiger partial charge is 0.338 e. The zero-order valence-corrected chi connectivity index (χ0v) is 13.2. The molecule has 0 heterocycles. The van der Waals surface area contributed by atoms with Crippen molar-refractivity contribution < 1.29 is 18.8 Å². The summed E-state index contributed by atoms with van der Waals surface area (Å²) in [5.41, 5.74) is 0.277. The number of hydrogen-bond acceptors (Lipinski definition) is 2. The minimum Gasteiger partial charge on any atom is -0.456 e. The molecule has 1 rings (SSSR count). The summed E-state index contributed by atoms with van der Waals surface area (Å²) in [4.78, 5) is 13.3. The molecule has 0 saturated carbocycles. The van der Waals surface area contributed by atoms with Crippen molar-refractivity contribution in [2.45, 2.75) is 39.5 Å². The topological polar surface area (TPSA) is 30.7 Å². The summed E-state index contributed by atoms with van der Waals surface area (Å²) in [7, 11) is 0. The minimum atomic E-state index is -0.445. The second kappa shape index (κ2) is 10.3. The van der Waals surface area contributed by atoms with Gasteiger partial charge in [-0.05, 0) is 31.0 Å². The van der Waals surface area contributed by atoms with E-state index in [4.69, 9.17) is 4.74 Å². The summed E-state index contributed by atoms with van der Waals surface area (Å²) in [6, 6.07) is 5.62. The van der Waals surface area contributed by atoms with E-state index in [2.05, 4.69) is 13.8 Å². The Morgan fingerprint density at radius 3 is 2.38 bits per heavy atom. The first-order chi connectivity index (χ1) is 10.2. The van der Waals surface area contributed by atoms with Crippen LogP contribution in [0.15, 0.2) is 24.3 Å². The normalized spacial score (nSPS) is 10.9. The van der Waals surface area contributed by atoms with Gasteiger partial charge in [0.15, 0.2) is 0 Å². The molecule has 1 aromatic carbocycles. The van der Waals surface area contributed by atoms with Crippen molar-refractivity contribution in [2.75, 3.05) is 26.2 Å². The summed E-state index contributed by atoms with van der Waals surface area (Å²) in [6.45, 7) is 7.81. The molecule has 0 fully saturated rings. The highest BCUT2D eigenvalue weighted by atomic mass is 19.1. The predicted octanol–water partition coefficient (Wildman–Crippen LogP) is 2.47. The molecule has 0 aliphatic heterocycles. The highest BCUT2D eigenvalue weighted by Crippen LogP contribution is 2.04. The van der Waals surface area contributed by atoms with E-state index in [1.54, 1.807) is 6.07 Å². The third-order valence-corrected chi connectivity index (χ3v) is 3.52. The van der Waals surface area contributed by atoms with E-state index in [1.807, 2.05) is 0 Å². The van der Waals surface area contributed by atoms with Crippen LogP contribution in [-0.2, 0) is 4.74 Å². The zero-order valence-electron chi connectivity index (χ0n) is 13.2. The SMILES string of the molecule is CCCC[NH+](CCCC)CCOC(=O)c1cccc(F)c1. The Kier molecular flexibility index (Phi) is 8.67. The second-order valence-electron chi connectivity index (χ2n) is 5.35. The lowest BCUT2D eigenvalue weighted by Crippen LogP contribution is -3.12. The van der Waals surface area contributed by atoms with E-state index in [1.165, 1.54) is 48.8 Å². The lowest BCUT2D eigenvalue weighted by atomic mass is 10.2. The van der Waals surface area contributed by atoms with Crippen molar-refractivity contribution in [3.63, 3.8) is 0 Å². The van der Waals surface area contributed by atoms with Crippen LogP contribution in [0, 0.1) is 5.82 Å². The van der Waals surface area contributed by atoms with Crippen LogP contribution in [0.2, 0.25) is 0 Å². The first kappa shape index (κ1) is 17.6. The number of rotatable bonds is 10. The Hall–Kier alpha value is -1.42. The van der Waals surface area contributed by atoms with Gasteiger partial charge >= 0.3 is 5.97 Å². The van der Waals surface area contributed by atoms with Crippen LogP contribution in [0.5, 0.6) is 0 Å². The zero-order chi connectivity index (χ0) is 15.5. The van der Waals surface area contributed by atoms with Gasteiger partial charge in [-0.3, -0.25) is 0 Å². The highest BCUT2D eigenvalue weighted by Gasteiger charge is 2.11. The molecule has 0 bridgehead atoms. The van der Waals surface area contributed by atoms with Gasteiger partial charge in [0.2, 0.25) is 0 Å². The van der Waals surface area contributed by atoms with Gasteiger partial charge in [0.25, 0.3) is 0 Å². The Bertz CT molecular complexity index is 415. The van der Waals surface area contributed by atoms with Gasteiger partial charge in [-0.15, -0.1) is 0 Å². The molecule has 0 spiro atoms. The molecular formula is C17H27FNO2+. The standard InChI is InChI=1S/C17H26FNO2/c1-3-5-10-19(11-6-4-2)12-13-21-17(20)15-8-7-9-16(18)14-15/h7-9,14H,3-6,10-13H2,1-2H3/p+1. The van der Waals surface area contributed by atoms with Gasteiger partial charge in [0, 0.05) is 0 Å². The molecule has 118 valence electrons. The predicted molar refractivity (Wildman–Crippen MR) is 82.1 cm³/mol. The van der Waals surface area contributed by atoms with Gasteiger partial charge in [-0.2, -0.15) is 0 Å². The van der Waals surface area contributed by atoms with E-state index < -0.39 is 11.8 Å². The van der Waals surface area contributed by atoms with Crippen LogP contribution in [-0.4, -0.2) is 32.2 Å². The molecule has 4 heteroatoms. The number of carbonyl (C=O) groups is 1. The summed E-state index contributed by atoms with van der Waals surface area (Å²) in [5.74, 6) is -0.859. The number of halogens is 1. The molecular weight excluding hydrogens is 269 g/mol. The number of hydrogen-bond donors (Lipinski definition) is 1.